The van der Waals surface area contributed by atoms with E-state index in [0.29, 0.717) is 0 Å². The van der Waals surface area contributed by atoms with Gasteiger partial charge in [0.25, 0.3) is 0 Å². The Morgan fingerprint density at radius 3 is 1.67 bits per heavy atom. The molecule has 0 unspecified atom stereocenters. The number of nitrogens with zero attached hydrogens (tertiary/aromatic N) is 3. The summed E-state index contributed by atoms with van der Waals surface area (Å²) in [5.74, 6) is 0. The third-order valence-corrected chi connectivity index (χ3v) is 12.8. The van der Waals surface area contributed by atoms with E-state index >= 15 is 0 Å². The minimum Gasteiger partial charge on any atom is -0.311 e. The van der Waals surface area contributed by atoms with Gasteiger partial charge in [-0.25, -0.2) is 0 Å². The molecule has 0 bridgehead atoms. The van der Waals surface area contributed by atoms with Crippen molar-refractivity contribution in [3.63, 3.8) is 0 Å². The van der Waals surface area contributed by atoms with Crippen molar-refractivity contribution in [2.45, 2.75) is 0 Å². The molecule has 0 atom stereocenters. The van der Waals surface area contributed by atoms with E-state index < -0.39 is 0 Å². The van der Waals surface area contributed by atoms with Crippen LogP contribution in [-0.4, -0.2) is 9.13 Å². The lowest BCUT2D eigenvalue weighted by Gasteiger charge is -2.26. The van der Waals surface area contributed by atoms with Crippen LogP contribution in [0.3, 0.4) is 0 Å². The monoisotopic (exact) mass is 775 g/mol. The molecule has 13 rings (SSSR count). The van der Waals surface area contributed by atoms with E-state index in [0.717, 1.165) is 22.7 Å². The van der Waals surface area contributed by atoms with Crippen LogP contribution in [0.5, 0.6) is 0 Å². The summed E-state index contributed by atoms with van der Waals surface area (Å²) in [7, 11) is 0. The van der Waals surface area contributed by atoms with Crippen molar-refractivity contribution in [1.29, 1.82) is 0 Å². The molecular weight excluding hydrogens is 739 g/mol. The number of hydrogen-bond donors (Lipinski definition) is 0. The fourth-order valence-electron chi connectivity index (χ4n) is 10.1. The Hall–Kier alpha value is -8.14. The van der Waals surface area contributed by atoms with Gasteiger partial charge in [0.2, 0.25) is 0 Å². The minimum absolute atomic E-state index is 1.10. The number of hydrogen-bond acceptors (Lipinski definition) is 1. The summed E-state index contributed by atoms with van der Waals surface area (Å²) < 4.78 is 4.94. The van der Waals surface area contributed by atoms with Crippen molar-refractivity contribution in [2.24, 2.45) is 0 Å². The highest BCUT2D eigenvalue weighted by Gasteiger charge is 2.26. The second kappa shape index (κ2) is 13.2. The maximum absolute atomic E-state index is 2.49. The predicted molar refractivity (Wildman–Crippen MR) is 257 cm³/mol. The van der Waals surface area contributed by atoms with Crippen molar-refractivity contribution in [2.75, 3.05) is 4.90 Å². The molecule has 284 valence electrons. The zero-order chi connectivity index (χ0) is 40.0. The second-order valence-electron chi connectivity index (χ2n) is 16.1. The molecule has 0 saturated carbocycles. The number of benzene rings is 10. The highest BCUT2D eigenvalue weighted by molar-refractivity contribution is 6.19. The molecule has 0 N–H and O–H groups in total. The zero-order valence-electron chi connectivity index (χ0n) is 33.2. The number of rotatable bonds is 5. The lowest BCUT2D eigenvalue weighted by molar-refractivity contribution is 1.17. The molecule has 12 aromatic rings. The van der Waals surface area contributed by atoms with Gasteiger partial charge < -0.3 is 14.0 Å². The second-order valence-corrected chi connectivity index (χ2v) is 16.1. The zero-order valence-corrected chi connectivity index (χ0v) is 33.2. The molecule has 61 heavy (non-hydrogen) atoms. The molecule has 0 aliphatic carbocycles. The van der Waals surface area contributed by atoms with Gasteiger partial charge in [0, 0.05) is 55.4 Å². The summed E-state index contributed by atoms with van der Waals surface area (Å²) in [6.07, 6.45) is 0. The predicted octanol–water partition coefficient (Wildman–Crippen LogP) is 15.8. The SMILES string of the molecule is c1ccc(N(c2ccc(-c3ccc4ccccc4c3)cc2)c2ccc(-n3c4ccccc4c4cc5c(cc43)-c3cccc4c6ccccc6n(c34)-c3ccccc3-5)cc2)cc1. The number of aromatic nitrogens is 2. The van der Waals surface area contributed by atoms with Gasteiger partial charge in [0.1, 0.15) is 0 Å². The van der Waals surface area contributed by atoms with Crippen LogP contribution < -0.4 is 4.90 Å². The Kier molecular flexibility index (Phi) is 7.31. The first-order valence-corrected chi connectivity index (χ1v) is 21.0. The van der Waals surface area contributed by atoms with E-state index in [1.54, 1.807) is 0 Å². The van der Waals surface area contributed by atoms with Crippen molar-refractivity contribution < 1.29 is 0 Å². The standard InChI is InChI=1S/C58H37N3/c1-2-15-42(16-3-1)59(43-29-27-39(28-30-43)41-26-25-38-13-4-5-14-40(38)35-41)44-31-33-45(34-32-44)60-54-22-9-8-19-48(54)53-36-51-47-18-7-11-24-56(47)61-55-23-10-6-17-46(55)49-20-12-21-50(58(49)61)52(51)37-57(53)60/h1-37H. The molecule has 3 heterocycles. The fraction of sp³-hybridized carbons (Fsp3) is 0. The quantitative estimate of drug-likeness (QED) is 0.170. The Labute approximate surface area is 353 Å². The smallest absolute Gasteiger partial charge is 0.0619 e. The highest BCUT2D eigenvalue weighted by atomic mass is 15.1. The minimum atomic E-state index is 1.10. The lowest BCUT2D eigenvalue weighted by atomic mass is 9.92. The van der Waals surface area contributed by atoms with E-state index in [-0.39, 0.29) is 0 Å². The summed E-state index contributed by atoms with van der Waals surface area (Å²) in [5, 5.41) is 7.54. The van der Waals surface area contributed by atoms with Crippen molar-refractivity contribution >= 4 is 71.4 Å². The van der Waals surface area contributed by atoms with E-state index in [1.165, 1.54) is 93.5 Å². The van der Waals surface area contributed by atoms with Gasteiger partial charge in [-0.15, -0.1) is 0 Å². The van der Waals surface area contributed by atoms with Crippen LogP contribution in [-0.2, 0) is 0 Å². The van der Waals surface area contributed by atoms with Gasteiger partial charge in [-0.2, -0.15) is 0 Å². The first kappa shape index (κ1) is 33.8. The average molecular weight is 776 g/mol. The fourth-order valence-corrected chi connectivity index (χ4v) is 10.1. The molecule has 1 aliphatic heterocycles. The van der Waals surface area contributed by atoms with Crippen molar-refractivity contribution in [1.82, 2.24) is 9.13 Å². The van der Waals surface area contributed by atoms with Crippen LogP contribution in [0, 0.1) is 0 Å². The number of fused-ring (bicyclic) bond motifs is 12. The Bertz CT molecular complexity index is 3680. The summed E-state index contributed by atoms with van der Waals surface area (Å²) in [6, 6.07) is 82.3. The van der Waals surface area contributed by atoms with Crippen LogP contribution in [0.2, 0.25) is 0 Å². The number of para-hydroxylation sites is 5. The van der Waals surface area contributed by atoms with Gasteiger partial charge in [0.05, 0.1) is 27.8 Å². The van der Waals surface area contributed by atoms with Crippen molar-refractivity contribution in [3.8, 4) is 44.8 Å². The Morgan fingerprint density at radius 1 is 0.295 bits per heavy atom. The largest absolute Gasteiger partial charge is 0.311 e. The first-order chi connectivity index (χ1) is 30.3. The van der Waals surface area contributed by atoms with Crippen LogP contribution >= 0.6 is 0 Å². The molecule has 0 spiro atoms. The van der Waals surface area contributed by atoms with Crippen LogP contribution in [0.15, 0.2) is 224 Å². The molecule has 0 amide bonds. The molecule has 2 aromatic heterocycles. The topological polar surface area (TPSA) is 13.1 Å². The maximum atomic E-state index is 2.49. The highest BCUT2D eigenvalue weighted by Crippen LogP contribution is 2.49. The third kappa shape index (κ3) is 5.11. The summed E-state index contributed by atoms with van der Waals surface area (Å²) in [5.41, 5.74) is 17.9. The van der Waals surface area contributed by atoms with E-state index in [1.807, 2.05) is 0 Å². The van der Waals surface area contributed by atoms with Gasteiger partial charge in [-0.1, -0.05) is 140 Å². The van der Waals surface area contributed by atoms with Crippen LogP contribution in [0.25, 0.3) is 99.1 Å². The van der Waals surface area contributed by atoms with E-state index in [9.17, 15) is 0 Å². The first-order valence-electron chi connectivity index (χ1n) is 21.0. The molecule has 1 aliphatic rings. The molecule has 3 heteroatoms. The molecule has 0 radical (unpaired) electrons. The van der Waals surface area contributed by atoms with Crippen LogP contribution in [0.4, 0.5) is 17.1 Å². The molecule has 3 nitrogen and oxygen atoms in total. The molecule has 0 fully saturated rings. The van der Waals surface area contributed by atoms with Crippen molar-refractivity contribution in [3.05, 3.63) is 224 Å². The summed E-state index contributed by atoms with van der Waals surface area (Å²) in [4.78, 5) is 2.34. The normalized spacial score (nSPS) is 11.9. The lowest BCUT2D eigenvalue weighted by Crippen LogP contribution is -2.10. The van der Waals surface area contributed by atoms with Gasteiger partial charge in [-0.05, 0) is 118 Å². The van der Waals surface area contributed by atoms with Gasteiger partial charge in [-0.3, -0.25) is 0 Å². The average Bonchev–Trinajstić information content (AvgIpc) is 3.80. The summed E-state index contributed by atoms with van der Waals surface area (Å²) in [6.45, 7) is 0. The Morgan fingerprint density at radius 2 is 0.869 bits per heavy atom. The molecule has 0 saturated heterocycles. The summed E-state index contributed by atoms with van der Waals surface area (Å²) >= 11 is 0. The van der Waals surface area contributed by atoms with Crippen LogP contribution in [0.1, 0.15) is 0 Å². The van der Waals surface area contributed by atoms with E-state index in [2.05, 4.69) is 238 Å². The molecule has 10 aromatic carbocycles. The van der Waals surface area contributed by atoms with E-state index in [4.69, 9.17) is 0 Å². The van der Waals surface area contributed by atoms with Gasteiger partial charge in [0.15, 0.2) is 0 Å². The van der Waals surface area contributed by atoms with Gasteiger partial charge >= 0.3 is 0 Å². The molecular formula is C58H37N3. The maximum Gasteiger partial charge on any atom is 0.0619 e. The Balaban J connectivity index is 0.968. The number of anilines is 3. The third-order valence-electron chi connectivity index (χ3n) is 12.8.